The molecule has 0 aromatic heterocycles. The molecule has 6 nitrogen and oxygen atoms in total. The van der Waals surface area contributed by atoms with E-state index in [0.717, 1.165) is 24.9 Å². The van der Waals surface area contributed by atoms with Crippen molar-refractivity contribution in [3.05, 3.63) is 65.2 Å². The Bertz CT molecular complexity index is 906. The molecule has 29 heavy (non-hydrogen) atoms. The summed E-state index contributed by atoms with van der Waals surface area (Å²) in [6.45, 7) is 2.59. The number of benzene rings is 2. The number of amides is 2. The third-order valence-corrected chi connectivity index (χ3v) is 4.97. The number of carbonyl (C=O) groups is 2. The van der Waals surface area contributed by atoms with Gasteiger partial charge in [-0.15, -0.1) is 0 Å². The van der Waals surface area contributed by atoms with Crippen LogP contribution in [0.4, 0.5) is 0 Å². The second-order valence-electron chi connectivity index (χ2n) is 7.10. The van der Waals surface area contributed by atoms with Gasteiger partial charge in [0.15, 0.2) is 18.1 Å². The van der Waals surface area contributed by atoms with E-state index in [-0.39, 0.29) is 18.6 Å². The SMILES string of the molecule is COc1cc(/C=C/C(=O)N2CCCC2c2ccc(C)cc2)ccc1OCC(N)=O. The third-order valence-electron chi connectivity index (χ3n) is 4.97. The summed E-state index contributed by atoms with van der Waals surface area (Å²) >= 11 is 0. The van der Waals surface area contributed by atoms with Gasteiger partial charge in [-0.05, 0) is 49.1 Å². The third kappa shape index (κ3) is 5.16. The van der Waals surface area contributed by atoms with Crippen molar-refractivity contribution < 1.29 is 19.1 Å². The predicted octanol–water partition coefficient (Wildman–Crippen LogP) is 3.24. The Hall–Kier alpha value is -3.28. The maximum Gasteiger partial charge on any atom is 0.255 e. The van der Waals surface area contributed by atoms with E-state index in [1.165, 1.54) is 18.2 Å². The van der Waals surface area contributed by atoms with Crippen LogP contribution in [0.5, 0.6) is 11.5 Å². The quantitative estimate of drug-likeness (QED) is 0.731. The number of likely N-dealkylation sites (tertiary alicyclic amines) is 1. The first kappa shape index (κ1) is 20.5. The van der Waals surface area contributed by atoms with Gasteiger partial charge in [-0.3, -0.25) is 9.59 Å². The summed E-state index contributed by atoms with van der Waals surface area (Å²) in [5, 5.41) is 0. The first-order chi connectivity index (χ1) is 14.0. The van der Waals surface area contributed by atoms with Crippen LogP contribution < -0.4 is 15.2 Å². The highest BCUT2D eigenvalue weighted by Gasteiger charge is 2.28. The average molecular weight is 394 g/mol. The highest BCUT2D eigenvalue weighted by Crippen LogP contribution is 2.32. The molecule has 0 saturated carbocycles. The van der Waals surface area contributed by atoms with Crippen LogP contribution >= 0.6 is 0 Å². The minimum Gasteiger partial charge on any atom is -0.493 e. The van der Waals surface area contributed by atoms with Crippen LogP contribution in [0.1, 0.15) is 35.6 Å². The Labute approximate surface area is 170 Å². The molecule has 6 heteroatoms. The number of methoxy groups -OCH3 is 1. The minimum absolute atomic E-state index is 0.0129. The lowest BCUT2D eigenvalue weighted by atomic mass is 10.0. The van der Waals surface area contributed by atoms with E-state index < -0.39 is 5.91 Å². The second-order valence-corrected chi connectivity index (χ2v) is 7.10. The molecule has 0 bridgehead atoms. The smallest absolute Gasteiger partial charge is 0.255 e. The van der Waals surface area contributed by atoms with Crippen LogP contribution in [-0.4, -0.2) is 37.0 Å². The van der Waals surface area contributed by atoms with E-state index in [9.17, 15) is 9.59 Å². The van der Waals surface area contributed by atoms with Crippen LogP contribution in [0.15, 0.2) is 48.5 Å². The zero-order chi connectivity index (χ0) is 20.8. The average Bonchev–Trinajstić information content (AvgIpc) is 3.21. The van der Waals surface area contributed by atoms with Gasteiger partial charge in [-0.2, -0.15) is 0 Å². The van der Waals surface area contributed by atoms with Gasteiger partial charge in [0.1, 0.15) is 0 Å². The van der Waals surface area contributed by atoms with E-state index in [1.807, 2.05) is 4.90 Å². The number of carbonyl (C=O) groups excluding carboxylic acids is 2. The summed E-state index contributed by atoms with van der Waals surface area (Å²) in [4.78, 5) is 25.6. The normalized spacial score (nSPS) is 16.2. The Balaban J connectivity index is 1.70. The summed E-state index contributed by atoms with van der Waals surface area (Å²) in [5.74, 6) is 0.324. The molecular weight excluding hydrogens is 368 g/mol. The molecule has 0 aliphatic carbocycles. The Morgan fingerprint density at radius 1 is 1.17 bits per heavy atom. The number of aryl methyl sites for hydroxylation is 1. The fourth-order valence-corrected chi connectivity index (χ4v) is 3.48. The zero-order valence-electron chi connectivity index (χ0n) is 16.8. The molecule has 1 heterocycles. The summed E-state index contributed by atoms with van der Waals surface area (Å²) in [6, 6.07) is 13.7. The highest BCUT2D eigenvalue weighted by atomic mass is 16.5. The zero-order valence-corrected chi connectivity index (χ0v) is 16.8. The number of hydrogen-bond donors (Lipinski definition) is 1. The lowest BCUT2D eigenvalue weighted by molar-refractivity contribution is -0.126. The molecule has 1 saturated heterocycles. The molecule has 2 aromatic rings. The largest absolute Gasteiger partial charge is 0.493 e. The molecule has 2 N–H and O–H groups in total. The first-order valence-electron chi connectivity index (χ1n) is 9.62. The van der Waals surface area contributed by atoms with Crippen LogP contribution in [0.25, 0.3) is 6.08 Å². The van der Waals surface area contributed by atoms with Crippen LogP contribution in [0.3, 0.4) is 0 Å². The van der Waals surface area contributed by atoms with Crippen LogP contribution in [-0.2, 0) is 9.59 Å². The van der Waals surface area contributed by atoms with E-state index in [2.05, 4.69) is 31.2 Å². The standard InChI is InChI=1S/C23H26N2O4/c1-16-5-9-18(10-6-16)19-4-3-13-25(19)23(27)12-8-17-7-11-20(21(14-17)28-2)29-15-22(24)26/h5-12,14,19H,3-4,13,15H2,1-2H3,(H2,24,26)/b12-8+. The highest BCUT2D eigenvalue weighted by molar-refractivity contribution is 5.92. The Morgan fingerprint density at radius 2 is 1.93 bits per heavy atom. The fraction of sp³-hybridized carbons (Fsp3) is 0.304. The molecule has 152 valence electrons. The number of ether oxygens (including phenoxy) is 2. The molecule has 0 radical (unpaired) electrons. The molecule has 1 atom stereocenters. The number of nitrogens with zero attached hydrogens (tertiary/aromatic N) is 1. The van der Waals surface area contributed by atoms with Gasteiger partial charge in [0.25, 0.3) is 5.91 Å². The molecule has 1 unspecified atom stereocenters. The maximum atomic E-state index is 12.8. The van der Waals surface area contributed by atoms with Crippen molar-refractivity contribution in [1.82, 2.24) is 4.90 Å². The number of rotatable bonds is 7. The first-order valence-corrected chi connectivity index (χ1v) is 9.62. The van der Waals surface area contributed by atoms with E-state index in [4.69, 9.17) is 15.2 Å². The second kappa shape index (κ2) is 9.28. The van der Waals surface area contributed by atoms with Crippen molar-refractivity contribution in [1.29, 1.82) is 0 Å². The van der Waals surface area contributed by atoms with E-state index >= 15 is 0 Å². The Morgan fingerprint density at radius 3 is 2.62 bits per heavy atom. The summed E-state index contributed by atoms with van der Waals surface area (Å²) < 4.78 is 10.6. The molecule has 1 aliphatic heterocycles. The van der Waals surface area contributed by atoms with Gasteiger partial charge in [0.2, 0.25) is 5.91 Å². The van der Waals surface area contributed by atoms with Gasteiger partial charge < -0.3 is 20.1 Å². The molecule has 1 aliphatic rings. The number of nitrogens with two attached hydrogens (primary N) is 1. The molecule has 2 amide bonds. The van der Waals surface area contributed by atoms with Crippen molar-refractivity contribution in [2.24, 2.45) is 5.73 Å². The van der Waals surface area contributed by atoms with Crippen LogP contribution in [0, 0.1) is 6.92 Å². The molecule has 1 fully saturated rings. The summed E-state index contributed by atoms with van der Waals surface area (Å²) in [6.07, 6.45) is 5.32. The molecule has 2 aromatic carbocycles. The molecular formula is C23H26N2O4. The Kier molecular flexibility index (Phi) is 6.54. The van der Waals surface area contributed by atoms with Crippen molar-refractivity contribution in [3.63, 3.8) is 0 Å². The maximum absolute atomic E-state index is 12.8. The lowest BCUT2D eigenvalue weighted by Crippen LogP contribution is -2.28. The topological polar surface area (TPSA) is 81.9 Å². The van der Waals surface area contributed by atoms with Gasteiger partial charge in [0, 0.05) is 12.6 Å². The van der Waals surface area contributed by atoms with Crippen LogP contribution in [0.2, 0.25) is 0 Å². The molecule has 3 rings (SSSR count). The monoisotopic (exact) mass is 394 g/mol. The summed E-state index contributed by atoms with van der Waals surface area (Å²) in [7, 11) is 1.52. The van der Waals surface area contributed by atoms with Gasteiger partial charge >= 0.3 is 0 Å². The van der Waals surface area contributed by atoms with Crippen molar-refractivity contribution in [2.45, 2.75) is 25.8 Å². The summed E-state index contributed by atoms with van der Waals surface area (Å²) in [5.41, 5.74) is 8.29. The van der Waals surface area contributed by atoms with Crippen molar-refractivity contribution in [2.75, 3.05) is 20.3 Å². The number of hydrogen-bond acceptors (Lipinski definition) is 4. The molecule has 0 spiro atoms. The van der Waals surface area contributed by atoms with E-state index in [1.54, 1.807) is 30.4 Å². The van der Waals surface area contributed by atoms with Crippen molar-refractivity contribution in [3.8, 4) is 11.5 Å². The number of primary amides is 1. The van der Waals surface area contributed by atoms with E-state index in [0.29, 0.717) is 11.5 Å². The van der Waals surface area contributed by atoms with Gasteiger partial charge in [-0.25, -0.2) is 0 Å². The predicted molar refractivity (Wildman–Crippen MR) is 112 cm³/mol. The lowest BCUT2D eigenvalue weighted by Gasteiger charge is -2.24. The van der Waals surface area contributed by atoms with Crippen molar-refractivity contribution >= 4 is 17.9 Å². The minimum atomic E-state index is -0.560. The fourth-order valence-electron chi connectivity index (χ4n) is 3.48. The van der Waals surface area contributed by atoms with Gasteiger partial charge in [0.05, 0.1) is 13.2 Å². The van der Waals surface area contributed by atoms with Gasteiger partial charge in [-0.1, -0.05) is 35.9 Å².